The van der Waals surface area contributed by atoms with Crippen molar-refractivity contribution in [1.82, 2.24) is 29.8 Å². The molecule has 0 radical (unpaired) electrons. The third kappa shape index (κ3) is 2.26. The van der Waals surface area contributed by atoms with Gasteiger partial charge in [-0.1, -0.05) is 5.16 Å². The van der Waals surface area contributed by atoms with Crippen molar-refractivity contribution in [1.29, 1.82) is 0 Å². The number of hydrogen-bond acceptors (Lipinski definition) is 6. The van der Waals surface area contributed by atoms with Gasteiger partial charge in [-0.25, -0.2) is 9.67 Å². The molecule has 4 heterocycles. The topological polar surface area (TPSA) is 89.9 Å². The maximum atomic E-state index is 13.1. The number of pyridine rings is 1. The summed E-state index contributed by atoms with van der Waals surface area (Å²) in [4.78, 5) is 23.6. The predicted octanol–water partition coefficient (Wildman–Crippen LogP) is 2.12. The van der Waals surface area contributed by atoms with Crippen molar-refractivity contribution >= 4 is 16.9 Å². The number of rotatable bonds is 3. The predicted molar refractivity (Wildman–Crippen MR) is 85.2 cm³/mol. The molecule has 1 amide bonds. The molecule has 24 heavy (non-hydrogen) atoms. The summed E-state index contributed by atoms with van der Waals surface area (Å²) >= 11 is 0. The summed E-state index contributed by atoms with van der Waals surface area (Å²) in [6.45, 7) is 5.31. The summed E-state index contributed by atoms with van der Waals surface area (Å²) in [5.74, 6) is 0.518. The maximum absolute atomic E-state index is 13.1. The van der Waals surface area contributed by atoms with Crippen molar-refractivity contribution in [3.63, 3.8) is 0 Å². The molecule has 0 saturated carbocycles. The average Bonchev–Trinajstić information content (AvgIpc) is 3.32. The van der Waals surface area contributed by atoms with Crippen LogP contribution in [0.15, 0.2) is 23.2 Å². The van der Waals surface area contributed by atoms with Gasteiger partial charge < -0.3 is 9.42 Å². The van der Waals surface area contributed by atoms with Gasteiger partial charge in [-0.15, -0.1) is 0 Å². The van der Waals surface area contributed by atoms with E-state index in [9.17, 15) is 4.79 Å². The Labute approximate surface area is 138 Å². The number of carbonyl (C=O) groups excluding carboxylic acids is 1. The number of likely N-dealkylation sites (tertiary alicyclic amines) is 1. The molecule has 1 aliphatic heterocycles. The van der Waals surface area contributed by atoms with E-state index in [-0.39, 0.29) is 11.9 Å². The third-order valence-electron chi connectivity index (χ3n) is 4.52. The van der Waals surface area contributed by atoms with Crippen LogP contribution in [0.1, 0.15) is 47.7 Å². The summed E-state index contributed by atoms with van der Waals surface area (Å²) in [6, 6.07) is 1.75. The van der Waals surface area contributed by atoms with E-state index in [0.29, 0.717) is 23.6 Å². The summed E-state index contributed by atoms with van der Waals surface area (Å²) in [7, 11) is 0. The van der Waals surface area contributed by atoms with Gasteiger partial charge in [0.1, 0.15) is 0 Å². The van der Waals surface area contributed by atoms with Crippen LogP contribution in [0.5, 0.6) is 0 Å². The van der Waals surface area contributed by atoms with Gasteiger partial charge in [0.2, 0.25) is 6.39 Å². The van der Waals surface area contributed by atoms with Crippen LogP contribution in [-0.2, 0) is 6.54 Å². The molecule has 0 bridgehead atoms. The molecule has 1 unspecified atom stereocenters. The van der Waals surface area contributed by atoms with E-state index in [2.05, 4.69) is 20.2 Å². The Balaban J connectivity index is 1.71. The monoisotopic (exact) mass is 326 g/mol. The molecule has 0 spiro atoms. The van der Waals surface area contributed by atoms with Gasteiger partial charge in [0.25, 0.3) is 5.91 Å². The van der Waals surface area contributed by atoms with Crippen molar-refractivity contribution < 1.29 is 9.32 Å². The Morgan fingerprint density at radius 3 is 3.08 bits per heavy atom. The van der Waals surface area contributed by atoms with Gasteiger partial charge in [0.05, 0.1) is 23.5 Å². The largest absolute Gasteiger partial charge is 0.343 e. The fourth-order valence-corrected chi connectivity index (χ4v) is 3.30. The molecule has 3 aromatic rings. The Morgan fingerprint density at radius 2 is 2.33 bits per heavy atom. The number of carbonyl (C=O) groups is 1. The standard InChI is InChI=1S/C16H18N6O2/c1-3-22-15-11(8-18-22)7-12(10(2)19-15)16(23)21-6-4-5-13(21)14-17-9-24-20-14/h7-9,13H,3-6H2,1-2H3. The number of nitrogens with zero attached hydrogens (tertiary/aromatic N) is 6. The van der Waals surface area contributed by atoms with Gasteiger partial charge in [-0.3, -0.25) is 4.79 Å². The second kappa shape index (κ2) is 5.70. The first-order chi connectivity index (χ1) is 11.7. The molecule has 0 aromatic carbocycles. The first-order valence-electron chi connectivity index (χ1n) is 8.09. The fraction of sp³-hybridized carbons (Fsp3) is 0.438. The first-order valence-corrected chi connectivity index (χ1v) is 8.09. The minimum absolute atomic E-state index is 0.0431. The maximum Gasteiger partial charge on any atom is 0.256 e. The molecule has 4 rings (SSSR count). The number of hydrogen-bond donors (Lipinski definition) is 0. The highest BCUT2D eigenvalue weighted by molar-refractivity contribution is 5.98. The van der Waals surface area contributed by atoms with E-state index in [1.807, 2.05) is 29.5 Å². The molecular formula is C16H18N6O2. The molecule has 0 aliphatic carbocycles. The second-order valence-corrected chi connectivity index (χ2v) is 5.94. The molecule has 1 atom stereocenters. The van der Waals surface area contributed by atoms with Crippen LogP contribution in [0, 0.1) is 6.92 Å². The Morgan fingerprint density at radius 1 is 1.46 bits per heavy atom. The van der Waals surface area contributed by atoms with Crippen molar-refractivity contribution in [3.05, 3.63) is 35.7 Å². The van der Waals surface area contributed by atoms with Crippen molar-refractivity contribution in [3.8, 4) is 0 Å². The molecule has 124 valence electrons. The van der Waals surface area contributed by atoms with Crippen LogP contribution in [0.25, 0.3) is 11.0 Å². The minimum atomic E-state index is -0.135. The number of aromatic nitrogens is 5. The summed E-state index contributed by atoms with van der Waals surface area (Å²) in [5.41, 5.74) is 2.12. The lowest BCUT2D eigenvalue weighted by atomic mass is 10.1. The minimum Gasteiger partial charge on any atom is -0.343 e. The Kier molecular flexibility index (Phi) is 3.51. The lowest BCUT2D eigenvalue weighted by molar-refractivity contribution is 0.0727. The number of aryl methyl sites for hydroxylation is 2. The Bertz CT molecular complexity index is 885. The SMILES string of the molecule is CCn1ncc2cc(C(=O)N3CCCC3c3ncon3)c(C)nc21. The van der Waals surface area contributed by atoms with E-state index in [1.165, 1.54) is 6.39 Å². The highest BCUT2D eigenvalue weighted by atomic mass is 16.5. The normalized spacial score (nSPS) is 17.8. The molecule has 1 saturated heterocycles. The average molecular weight is 326 g/mol. The lowest BCUT2D eigenvalue weighted by Crippen LogP contribution is -2.31. The van der Waals surface area contributed by atoms with Crippen LogP contribution in [0.4, 0.5) is 0 Å². The van der Waals surface area contributed by atoms with Crippen LogP contribution in [0.2, 0.25) is 0 Å². The number of fused-ring (bicyclic) bond motifs is 1. The number of amides is 1. The van der Waals surface area contributed by atoms with Crippen molar-refractivity contribution in [2.45, 2.75) is 39.3 Å². The lowest BCUT2D eigenvalue weighted by Gasteiger charge is -2.22. The molecule has 0 N–H and O–H groups in total. The van der Waals surface area contributed by atoms with Crippen LogP contribution < -0.4 is 0 Å². The third-order valence-corrected chi connectivity index (χ3v) is 4.52. The van der Waals surface area contributed by atoms with Crippen LogP contribution in [0.3, 0.4) is 0 Å². The Hall–Kier alpha value is -2.77. The van der Waals surface area contributed by atoms with Gasteiger partial charge in [-0.2, -0.15) is 10.1 Å². The smallest absolute Gasteiger partial charge is 0.256 e. The van der Waals surface area contributed by atoms with E-state index in [0.717, 1.165) is 30.4 Å². The summed E-state index contributed by atoms with van der Waals surface area (Å²) in [5, 5.41) is 9.08. The quantitative estimate of drug-likeness (QED) is 0.732. The zero-order valence-corrected chi connectivity index (χ0v) is 13.6. The highest BCUT2D eigenvalue weighted by Crippen LogP contribution is 2.32. The van der Waals surface area contributed by atoms with Gasteiger partial charge in [-0.05, 0) is 32.8 Å². The van der Waals surface area contributed by atoms with Crippen molar-refractivity contribution in [2.24, 2.45) is 0 Å². The van der Waals surface area contributed by atoms with E-state index >= 15 is 0 Å². The molecular weight excluding hydrogens is 308 g/mol. The molecule has 3 aromatic heterocycles. The van der Waals surface area contributed by atoms with E-state index < -0.39 is 0 Å². The van der Waals surface area contributed by atoms with Gasteiger partial charge >= 0.3 is 0 Å². The van der Waals surface area contributed by atoms with Gasteiger partial charge in [0.15, 0.2) is 11.5 Å². The van der Waals surface area contributed by atoms with Gasteiger partial charge in [0, 0.05) is 18.5 Å². The molecule has 1 fully saturated rings. The molecule has 8 nitrogen and oxygen atoms in total. The molecule has 8 heteroatoms. The van der Waals surface area contributed by atoms with Crippen LogP contribution >= 0.6 is 0 Å². The first kappa shape index (κ1) is 14.8. The van der Waals surface area contributed by atoms with E-state index in [1.54, 1.807) is 6.20 Å². The fourth-order valence-electron chi connectivity index (χ4n) is 3.30. The highest BCUT2D eigenvalue weighted by Gasteiger charge is 2.34. The zero-order valence-electron chi connectivity index (χ0n) is 13.6. The van der Waals surface area contributed by atoms with Crippen LogP contribution in [-0.4, -0.2) is 42.3 Å². The summed E-state index contributed by atoms with van der Waals surface area (Å²) < 4.78 is 6.66. The summed E-state index contributed by atoms with van der Waals surface area (Å²) in [6.07, 6.45) is 4.82. The van der Waals surface area contributed by atoms with Crippen molar-refractivity contribution in [2.75, 3.05) is 6.54 Å². The second-order valence-electron chi connectivity index (χ2n) is 5.94. The molecule has 1 aliphatic rings. The van der Waals surface area contributed by atoms with E-state index in [4.69, 9.17) is 4.52 Å². The zero-order chi connectivity index (χ0) is 16.7.